The molecule has 0 aliphatic carbocycles. The van der Waals surface area contributed by atoms with Gasteiger partial charge in [-0.05, 0) is 19.7 Å². The van der Waals surface area contributed by atoms with Gasteiger partial charge in [0.1, 0.15) is 5.60 Å². The fourth-order valence-electron chi connectivity index (χ4n) is 2.73. The van der Waals surface area contributed by atoms with Crippen molar-refractivity contribution >= 4 is 5.91 Å². The zero-order chi connectivity index (χ0) is 16.7. The number of hydrogen-bond acceptors (Lipinski definition) is 4. The standard InChI is InChI=1S/C18H26N2O3/c1-19(2)10-6-9-17(22)20-11-12-23-18(14-20,15-21)13-16-7-4-3-5-8-16/h3-9,21H,10-15H2,1-2H3/b9-6+. The van der Waals surface area contributed by atoms with Crippen molar-refractivity contribution in [2.75, 3.05) is 46.9 Å². The molecule has 2 rings (SSSR count). The first-order valence-electron chi connectivity index (χ1n) is 7.94. The van der Waals surface area contributed by atoms with Crippen molar-refractivity contribution in [1.29, 1.82) is 0 Å². The fraction of sp³-hybridized carbons (Fsp3) is 0.500. The van der Waals surface area contributed by atoms with E-state index < -0.39 is 5.60 Å². The van der Waals surface area contributed by atoms with Crippen molar-refractivity contribution in [3.8, 4) is 0 Å². The lowest BCUT2D eigenvalue weighted by Gasteiger charge is -2.41. The third-order valence-electron chi connectivity index (χ3n) is 3.95. The third kappa shape index (κ3) is 5.16. The van der Waals surface area contributed by atoms with Crippen LogP contribution in [0, 0.1) is 0 Å². The average molecular weight is 318 g/mol. The number of carbonyl (C=O) groups excluding carboxylic acids is 1. The molecule has 1 aromatic rings. The monoisotopic (exact) mass is 318 g/mol. The first kappa shape index (κ1) is 17.7. The summed E-state index contributed by atoms with van der Waals surface area (Å²) in [4.78, 5) is 16.1. The van der Waals surface area contributed by atoms with E-state index in [1.807, 2.05) is 55.4 Å². The molecule has 1 heterocycles. The molecule has 0 aromatic heterocycles. The number of aliphatic hydroxyl groups is 1. The molecule has 0 spiro atoms. The molecule has 1 fully saturated rings. The second-order valence-corrected chi connectivity index (χ2v) is 6.28. The van der Waals surface area contributed by atoms with Crippen LogP contribution < -0.4 is 0 Å². The molecule has 5 nitrogen and oxygen atoms in total. The van der Waals surface area contributed by atoms with Gasteiger partial charge in [-0.1, -0.05) is 36.4 Å². The molecule has 1 aliphatic heterocycles. The van der Waals surface area contributed by atoms with E-state index in [1.165, 1.54) is 0 Å². The van der Waals surface area contributed by atoms with Crippen LogP contribution in [0.15, 0.2) is 42.5 Å². The smallest absolute Gasteiger partial charge is 0.246 e. The molecule has 1 aliphatic rings. The average Bonchev–Trinajstić information content (AvgIpc) is 2.55. The molecule has 0 bridgehead atoms. The van der Waals surface area contributed by atoms with Crippen molar-refractivity contribution in [2.45, 2.75) is 12.0 Å². The number of carbonyl (C=O) groups is 1. The summed E-state index contributed by atoms with van der Waals surface area (Å²) < 4.78 is 5.87. The van der Waals surface area contributed by atoms with Crippen molar-refractivity contribution in [3.63, 3.8) is 0 Å². The summed E-state index contributed by atoms with van der Waals surface area (Å²) in [6.07, 6.45) is 4.06. The van der Waals surface area contributed by atoms with Gasteiger partial charge in [0.15, 0.2) is 0 Å². The summed E-state index contributed by atoms with van der Waals surface area (Å²) in [5, 5.41) is 9.86. The molecule has 0 saturated carbocycles. The maximum atomic E-state index is 12.3. The maximum Gasteiger partial charge on any atom is 0.246 e. The molecule has 1 saturated heterocycles. The van der Waals surface area contributed by atoms with Gasteiger partial charge in [-0.15, -0.1) is 0 Å². The van der Waals surface area contributed by atoms with Crippen LogP contribution in [-0.2, 0) is 16.0 Å². The Morgan fingerprint density at radius 1 is 1.39 bits per heavy atom. The highest BCUT2D eigenvalue weighted by atomic mass is 16.5. The van der Waals surface area contributed by atoms with E-state index in [9.17, 15) is 9.90 Å². The molecular weight excluding hydrogens is 292 g/mol. The highest BCUT2D eigenvalue weighted by Crippen LogP contribution is 2.23. The highest BCUT2D eigenvalue weighted by molar-refractivity contribution is 5.87. The number of ether oxygens (including phenoxy) is 1. The summed E-state index contributed by atoms with van der Waals surface area (Å²) in [6, 6.07) is 9.92. The summed E-state index contributed by atoms with van der Waals surface area (Å²) >= 11 is 0. The SMILES string of the molecule is CN(C)C/C=C/C(=O)N1CCOC(CO)(Cc2ccccc2)C1. The molecule has 5 heteroatoms. The summed E-state index contributed by atoms with van der Waals surface area (Å²) in [5.41, 5.74) is 0.379. The number of nitrogens with zero attached hydrogens (tertiary/aromatic N) is 2. The minimum Gasteiger partial charge on any atom is -0.393 e. The van der Waals surface area contributed by atoms with Gasteiger partial charge in [0, 0.05) is 25.6 Å². The van der Waals surface area contributed by atoms with Crippen molar-refractivity contribution in [2.24, 2.45) is 0 Å². The molecule has 126 valence electrons. The fourth-order valence-corrected chi connectivity index (χ4v) is 2.73. The Labute approximate surface area is 138 Å². The van der Waals surface area contributed by atoms with Crippen LogP contribution in [0.5, 0.6) is 0 Å². The number of rotatable bonds is 6. The lowest BCUT2D eigenvalue weighted by molar-refractivity contribution is -0.153. The van der Waals surface area contributed by atoms with E-state index in [4.69, 9.17) is 4.74 Å². The topological polar surface area (TPSA) is 53.0 Å². The first-order valence-corrected chi connectivity index (χ1v) is 7.94. The Morgan fingerprint density at radius 2 is 2.13 bits per heavy atom. The van der Waals surface area contributed by atoms with Crippen LogP contribution >= 0.6 is 0 Å². The number of aliphatic hydroxyl groups excluding tert-OH is 1. The van der Waals surface area contributed by atoms with Gasteiger partial charge in [0.05, 0.1) is 19.8 Å². The Kier molecular flexibility index (Phi) is 6.33. The minimum atomic E-state index is -0.718. The van der Waals surface area contributed by atoms with E-state index in [0.29, 0.717) is 26.1 Å². The van der Waals surface area contributed by atoms with Crippen LogP contribution in [0.2, 0.25) is 0 Å². The second-order valence-electron chi connectivity index (χ2n) is 6.28. The lowest BCUT2D eigenvalue weighted by Crippen LogP contribution is -2.56. The summed E-state index contributed by atoms with van der Waals surface area (Å²) in [5.74, 6) is -0.0268. The summed E-state index contributed by atoms with van der Waals surface area (Å²) in [6.45, 7) is 2.03. The van der Waals surface area contributed by atoms with Crippen molar-refractivity contribution < 1.29 is 14.6 Å². The van der Waals surface area contributed by atoms with Crippen LogP contribution in [0.25, 0.3) is 0 Å². The second kappa shape index (κ2) is 8.24. The molecule has 1 atom stereocenters. The van der Waals surface area contributed by atoms with E-state index in [1.54, 1.807) is 11.0 Å². The van der Waals surface area contributed by atoms with Gasteiger partial charge in [-0.3, -0.25) is 4.79 Å². The van der Waals surface area contributed by atoms with E-state index in [-0.39, 0.29) is 12.5 Å². The molecule has 1 amide bonds. The number of morpholine rings is 1. The van der Waals surface area contributed by atoms with Gasteiger partial charge in [-0.25, -0.2) is 0 Å². The lowest BCUT2D eigenvalue weighted by atomic mass is 9.93. The van der Waals surface area contributed by atoms with Gasteiger partial charge in [0.2, 0.25) is 5.91 Å². The normalized spacial score (nSPS) is 22.0. The Bertz CT molecular complexity index is 530. The van der Waals surface area contributed by atoms with E-state index in [2.05, 4.69) is 0 Å². The number of amides is 1. The Morgan fingerprint density at radius 3 is 2.78 bits per heavy atom. The van der Waals surface area contributed by atoms with Crippen LogP contribution in [-0.4, -0.2) is 73.4 Å². The maximum absolute atomic E-state index is 12.3. The molecule has 1 unspecified atom stereocenters. The van der Waals surface area contributed by atoms with E-state index in [0.717, 1.165) is 12.1 Å². The van der Waals surface area contributed by atoms with Crippen LogP contribution in [0.4, 0.5) is 0 Å². The Hall–Kier alpha value is -1.69. The van der Waals surface area contributed by atoms with Gasteiger partial charge in [-0.2, -0.15) is 0 Å². The summed E-state index contributed by atoms with van der Waals surface area (Å²) in [7, 11) is 3.92. The van der Waals surface area contributed by atoms with Gasteiger partial charge >= 0.3 is 0 Å². The third-order valence-corrected chi connectivity index (χ3v) is 3.95. The number of hydrogen-bond donors (Lipinski definition) is 1. The Balaban J connectivity index is 2.02. The highest BCUT2D eigenvalue weighted by Gasteiger charge is 2.37. The van der Waals surface area contributed by atoms with Crippen molar-refractivity contribution in [1.82, 2.24) is 9.80 Å². The zero-order valence-electron chi connectivity index (χ0n) is 13.9. The molecule has 0 radical (unpaired) electrons. The molecule has 1 N–H and O–H groups in total. The van der Waals surface area contributed by atoms with Crippen molar-refractivity contribution in [3.05, 3.63) is 48.0 Å². The molecular formula is C18H26N2O3. The van der Waals surface area contributed by atoms with E-state index >= 15 is 0 Å². The first-order chi connectivity index (χ1) is 11.0. The predicted molar refractivity (Wildman–Crippen MR) is 90.2 cm³/mol. The minimum absolute atomic E-state index is 0.0268. The number of likely N-dealkylation sites (N-methyl/N-ethyl adjacent to an activating group) is 1. The van der Waals surface area contributed by atoms with Crippen LogP contribution in [0.3, 0.4) is 0 Å². The number of benzene rings is 1. The molecule has 23 heavy (non-hydrogen) atoms. The molecule has 1 aromatic carbocycles. The predicted octanol–water partition coefficient (Wildman–Crippen LogP) is 0.937. The zero-order valence-corrected chi connectivity index (χ0v) is 13.9. The largest absolute Gasteiger partial charge is 0.393 e. The van der Waals surface area contributed by atoms with Gasteiger partial charge in [0.25, 0.3) is 0 Å². The van der Waals surface area contributed by atoms with Gasteiger partial charge < -0.3 is 19.6 Å². The quantitative estimate of drug-likeness (QED) is 0.793. The van der Waals surface area contributed by atoms with Crippen LogP contribution in [0.1, 0.15) is 5.56 Å².